The van der Waals surface area contributed by atoms with Crippen molar-refractivity contribution in [2.75, 3.05) is 42.7 Å². The predicted molar refractivity (Wildman–Crippen MR) is 119 cm³/mol. The first-order valence-corrected chi connectivity index (χ1v) is 10.3. The van der Waals surface area contributed by atoms with E-state index in [4.69, 9.17) is 37.9 Å². The standard InChI is InChI=1S/C24H32O8/c1-13-23(15-9-19(27-5)21(29-7)11-17(15)25-3)32-14(2)24(31-13)16-10-20(28-6)22(30-8)12-18(16)26-4/h9-14,23-24H,1-8H3/t13-,14-,23-,24+/m0/s1. The number of methoxy groups -OCH3 is 6. The number of ether oxygens (including phenoxy) is 8. The van der Waals surface area contributed by atoms with E-state index in [-0.39, 0.29) is 24.4 Å². The third kappa shape index (κ3) is 4.38. The summed E-state index contributed by atoms with van der Waals surface area (Å²) in [5.41, 5.74) is 1.64. The van der Waals surface area contributed by atoms with Crippen molar-refractivity contribution in [1.29, 1.82) is 0 Å². The van der Waals surface area contributed by atoms with Gasteiger partial charge in [0.1, 0.15) is 23.7 Å². The summed E-state index contributed by atoms with van der Waals surface area (Å²) in [5.74, 6) is 3.62. The summed E-state index contributed by atoms with van der Waals surface area (Å²) in [6.45, 7) is 3.93. The normalized spacial score (nSPS) is 22.8. The highest BCUT2D eigenvalue weighted by Gasteiger charge is 2.39. The fourth-order valence-electron chi connectivity index (χ4n) is 4.03. The molecule has 2 aromatic rings. The first-order chi connectivity index (χ1) is 15.4. The van der Waals surface area contributed by atoms with Crippen molar-refractivity contribution >= 4 is 0 Å². The summed E-state index contributed by atoms with van der Waals surface area (Å²) >= 11 is 0. The fraction of sp³-hybridized carbons (Fsp3) is 0.500. The van der Waals surface area contributed by atoms with E-state index in [1.165, 1.54) is 0 Å². The van der Waals surface area contributed by atoms with E-state index >= 15 is 0 Å². The lowest BCUT2D eigenvalue weighted by Crippen LogP contribution is -2.38. The third-order valence-corrected chi connectivity index (χ3v) is 5.66. The molecule has 1 aliphatic heterocycles. The average Bonchev–Trinajstić information content (AvgIpc) is 2.83. The molecule has 1 saturated heterocycles. The molecule has 1 fully saturated rings. The largest absolute Gasteiger partial charge is 0.496 e. The molecule has 0 spiro atoms. The molecule has 0 aliphatic carbocycles. The first-order valence-electron chi connectivity index (χ1n) is 10.3. The minimum Gasteiger partial charge on any atom is -0.496 e. The summed E-state index contributed by atoms with van der Waals surface area (Å²) in [6.07, 6.45) is -1.33. The van der Waals surface area contributed by atoms with E-state index in [1.54, 1.807) is 54.8 Å². The highest BCUT2D eigenvalue weighted by Crippen LogP contribution is 2.47. The van der Waals surface area contributed by atoms with Gasteiger partial charge in [0.15, 0.2) is 23.0 Å². The van der Waals surface area contributed by atoms with Gasteiger partial charge in [-0.3, -0.25) is 0 Å². The van der Waals surface area contributed by atoms with E-state index < -0.39 is 0 Å². The summed E-state index contributed by atoms with van der Waals surface area (Å²) in [7, 11) is 9.58. The zero-order valence-corrected chi connectivity index (χ0v) is 19.9. The molecule has 0 N–H and O–H groups in total. The average molecular weight is 449 g/mol. The Morgan fingerprint density at radius 1 is 0.469 bits per heavy atom. The van der Waals surface area contributed by atoms with Crippen LogP contribution >= 0.6 is 0 Å². The van der Waals surface area contributed by atoms with Crippen LogP contribution in [0, 0.1) is 0 Å². The van der Waals surface area contributed by atoms with Crippen molar-refractivity contribution < 1.29 is 37.9 Å². The van der Waals surface area contributed by atoms with Crippen LogP contribution in [0.1, 0.15) is 37.2 Å². The Kier molecular flexibility index (Phi) is 7.58. The van der Waals surface area contributed by atoms with E-state index in [2.05, 4.69) is 0 Å². The quantitative estimate of drug-likeness (QED) is 0.590. The molecule has 4 atom stereocenters. The molecule has 0 radical (unpaired) electrons. The van der Waals surface area contributed by atoms with Crippen LogP contribution < -0.4 is 28.4 Å². The van der Waals surface area contributed by atoms with Gasteiger partial charge < -0.3 is 37.9 Å². The number of rotatable bonds is 8. The van der Waals surface area contributed by atoms with Gasteiger partial charge in [0.2, 0.25) is 0 Å². The van der Waals surface area contributed by atoms with Gasteiger partial charge in [-0.25, -0.2) is 0 Å². The Morgan fingerprint density at radius 3 is 1.03 bits per heavy atom. The second-order valence-corrected chi connectivity index (χ2v) is 7.42. The topological polar surface area (TPSA) is 73.8 Å². The maximum atomic E-state index is 6.47. The predicted octanol–water partition coefficient (Wildman–Crippen LogP) is 4.34. The lowest BCUT2D eigenvalue weighted by molar-refractivity contribution is -0.215. The van der Waals surface area contributed by atoms with Crippen molar-refractivity contribution in [3.05, 3.63) is 35.4 Å². The summed E-state index contributed by atoms with van der Waals surface area (Å²) in [4.78, 5) is 0. The minimum atomic E-state index is -0.373. The molecule has 0 aromatic heterocycles. The van der Waals surface area contributed by atoms with Crippen LogP contribution in [-0.4, -0.2) is 54.9 Å². The summed E-state index contributed by atoms with van der Waals surface area (Å²) < 4.78 is 45.9. The van der Waals surface area contributed by atoms with Gasteiger partial charge >= 0.3 is 0 Å². The molecule has 8 nitrogen and oxygen atoms in total. The molecule has 8 heteroatoms. The Balaban J connectivity index is 1.96. The fourth-order valence-corrected chi connectivity index (χ4v) is 4.03. The van der Waals surface area contributed by atoms with Gasteiger partial charge in [0, 0.05) is 23.3 Å². The molecule has 1 aliphatic rings. The highest BCUT2D eigenvalue weighted by molar-refractivity contribution is 5.53. The lowest BCUT2D eigenvalue weighted by atomic mass is 9.97. The highest BCUT2D eigenvalue weighted by atomic mass is 16.6. The number of hydrogen-bond acceptors (Lipinski definition) is 8. The van der Waals surface area contributed by atoms with Crippen molar-refractivity contribution in [1.82, 2.24) is 0 Å². The molecule has 176 valence electrons. The second kappa shape index (κ2) is 10.2. The Labute approximate surface area is 189 Å². The van der Waals surface area contributed by atoms with Gasteiger partial charge in [0.05, 0.1) is 54.9 Å². The van der Waals surface area contributed by atoms with Gasteiger partial charge in [-0.1, -0.05) is 0 Å². The van der Waals surface area contributed by atoms with Crippen LogP contribution in [0.3, 0.4) is 0 Å². The third-order valence-electron chi connectivity index (χ3n) is 5.66. The van der Waals surface area contributed by atoms with Crippen LogP contribution in [0.2, 0.25) is 0 Å². The van der Waals surface area contributed by atoms with Gasteiger partial charge in [-0.05, 0) is 26.0 Å². The monoisotopic (exact) mass is 448 g/mol. The van der Waals surface area contributed by atoms with Crippen LogP contribution in [0.5, 0.6) is 34.5 Å². The molecule has 1 heterocycles. The van der Waals surface area contributed by atoms with Crippen molar-refractivity contribution in [3.8, 4) is 34.5 Å². The van der Waals surface area contributed by atoms with Crippen LogP contribution in [0.15, 0.2) is 24.3 Å². The van der Waals surface area contributed by atoms with Gasteiger partial charge in [0.25, 0.3) is 0 Å². The Morgan fingerprint density at radius 2 is 0.750 bits per heavy atom. The van der Waals surface area contributed by atoms with E-state index in [9.17, 15) is 0 Å². The molecule has 2 aromatic carbocycles. The van der Waals surface area contributed by atoms with E-state index in [1.807, 2.05) is 26.0 Å². The van der Waals surface area contributed by atoms with Crippen LogP contribution in [0.4, 0.5) is 0 Å². The number of hydrogen-bond donors (Lipinski definition) is 0. The van der Waals surface area contributed by atoms with Crippen molar-refractivity contribution in [2.24, 2.45) is 0 Å². The summed E-state index contributed by atoms with van der Waals surface area (Å²) in [6, 6.07) is 7.31. The zero-order chi connectivity index (χ0) is 23.4. The van der Waals surface area contributed by atoms with Crippen LogP contribution in [-0.2, 0) is 9.47 Å². The molecule has 0 saturated carbocycles. The zero-order valence-electron chi connectivity index (χ0n) is 19.9. The maximum absolute atomic E-state index is 6.47. The van der Waals surface area contributed by atoms with E-state index in [0.717, 1.165) is 11.1 Å². The van der Waals surface area contributed by atoms with Crippen LogP contribution in [0.25, 0.3) is 0 Å². The molecular weight excluding hydrogens is 416 g/mol. The second-order valence-electron chi connectivity index (χ2n) is 7.42. The minimum absolute atomic E-state index is 0.291. The maximum Gasteiger partial charge on any atom is 0.164 e. The SMILES string of the molecule is COc1cc(OC)c([C@H]2O[C@@H](C)[C@H](c3cc(OC)c(OC)cc3OC)O[C@H]2C)cc1OC. The smallest absolute Gasteiger partial charge is 0.164 e. The number of benzene rings is 2. The Bertz CT molecular complexity index is 853. The molecule has 32 heavy (non-hydrogen) atoms. The lowest BCUT2D eigenvalue weighted by Gasteiger charge is -2.40. The molecule has 3 rings (SSSR count). The van der Waals surface area contributed by atoms with Crippen molar-refractivity contribution in [2.45, 2.75) is 38.3 Å². The first kappa shape index (κ1) is 23.8. The van der Waals surface area contributed by atoms with Crippen molar-refractivity contribution in [3.63, 3.8) is 0 Å². The summed E-state index contributed by atoms with van der Waals surface area (Å²) in [5, 5.41) is 0. The molecule has 0 amide bonds. The molecular formula is C24H32O8. The van der Waals surface area contributed by atoms with Gasteiger partial charge in [-0.15, -0.1) is 0 Å². The van der Waals surface area contributed by atoms with E-state index in [0.29, 0.717) is 34.5 Å². The Hall–Kier alpha value is -2.84. The van der Waals surface area contributed by atoms with Gasteiger partial charge in [-0.2, -0.15) is 0 Å². The molecule has 0 unspecified atom stereocenters. The molecule has 0 bridgehead atoms.